The third kappa shape index (κ3) is 4.66. The van der Waals surface area contributed by atoms with Crippen LogP contribution in [0.1, 0.15) is 34.3 Å². The Labute approximate surface area is 222 Å². The first-order valence-corrected chi connectivity index (χ1v) is 13.4. The summed E-state index contributed by atoms with van der Waals surface area (Å²) in [5.41, 5.74) is 5.99. The molecule has 1 aliphatic heterocycles. The van der Waals surface area contributed by atoms with E-state index < -0.39 is 5.54 Å². The number of aliphatic hydroxyl groups excluding tert-OH is 1. The predicted molar refractivity (Wildman–Crippen MR) is 149 cm³/mol. The van der Waals surface area contributed by atoms with Crippen LogP contribution >= 0.6 is 0 Å². The van der Waals surface area contributed by atoms with Crippen LogP contribution in [0.3, 0.4) is 0 Å². The third-order valence-corrected chi connectivity index (χ3v) is 7.93. The number of carbonyl (C=O) groups excluding carboxylic acids is 1. The van der Waals surface area contributed by atoms with Crippen molar-refractivity contribution in [2.24, 2.45) is 7.05 Å². The molecule has 0 radical (unpaired) electrons. The fourth-order valence-corrected chi connectivity index (χ4v) is 5.55. The number of β-amino-alcohol motifs (C(OH)–C–C–N with tert-alkyl or cyclic N) is 1. The number of pyridine rings is 1. The zero-order valence-corrected chi connectivity index (χ0v) is 22.0. The van der Waals surface area contributed by atoms with Crippen LogP contribution in [0.4, 0.5) is 5.69 Å². The van der Waals surface area contributed by atoms with Gasteiger partial charge in [0, 0.05) is 62.6 Å². The zero-order chi connectivity index (χ0) is 26.3. The second-order valence-corrected chi connectivity index (χ2v) is 10.5. The fraction of sp³-hybridized carbons (Fsp3) is 0.367. The molecule has 8 heteroatoms. The highest BCUT2D eigenvalue weighted by atomic mass is 16.3. The van der Waals surface area contributed by atoms with E-state index in [0.29, 0.717) is 6.54 Å². The molecule has 2 N–H and O–H groups in total. The Kier molecular flexibility index (Phi) is 6.37. The number of piperazine rings is 1. The number of aryl methyl sites for hydroxylation is 2. The van der Waals surface area contributed by atoms with Crippen molar-refractivity contribution in [3.63, 3.8) is 0 Å². The average molecular weight is 511 g/mol. The van der Waals surface area contributed by atoms with Gasteiger partial charge >= 0.3 is 0 Å². The molecule has 2 aromatic heterocycles. The molecule has 196 valence electrons. The van der Waals surface area contributed by atoms with Crippen molar-refractivity contribution in [2.75, 3.05) is 44.2 Å². The summed E-state index contributed by atoms with van der Waals surface area (Å²) in [5, 5.41) is 18.3. The van der Waals surface area contributed by atoms with Gasteiger partial charge in [-0.15, -0.1) is 0 Å². The van der Waals surface area contributed by atoms with E-state index in [0.717, 1.165) is 83.7 Å². The van der Waals surface area contributed by atoms with Gasteiger partial charge in [-0.2, -0.15) is 5.10 Å². The van der Waals surface area contributed by atoms with Gasteiger partial charge in [0.05, 0.1) is 23.4 Å². The lowest BCUT2D eigenvalue weighted by atomic mass is 9.97. The maximum Gasteiger partial charge on any atom is 0.252 e. The van der Waals surface area contributed by atoms with Gasteiger partial charge in [-0.1, -0.05) is 24.3 Å². The SMILES string of the molecule is Cc1ccc(N2CCN(CCO)CC2)cc1C(=O)NC1(c2cc(-c3ccn(C)n3)nc3ccccc23)CC1. The van der Waals surface area contributed by atoms with Gasteiger partial charge in [-0.3, -0.25) is 14.4 Å². The predicted octanol–water partition coefficient (Wildman–Crippen LogP) is 3.48. The summed E-state index contributed by atoms with van der Waals surface area (Å²) in [5.74, 6) is -0.0407. The minimum absolute atomic E-state index is 0.0407. The van der Waals surface area contributed by atoms with Gasteiger partial charge in [-0.25, -0.2) is 4.98 Å². The monoisotopic (exact) mass is 510 g/mol. The number of para-hydroxylation sites is 1. The first-order chi connectivity index (χ1) is 18.5. The topological polar surface area (TPSA) is 86.5 Å². The maximum atomic E-state index is 13.8. The fourth-order valence-electron chi connectivity index (χ4n) is 5.55. The van der Waals surface area contributed by atoms with Gasteiger partial charge in [0.1, 0.15) is 5.69 Å². The van der Waals surface area contributed by atoms with Crippen molar-refractivity contribution < 1.29 is 9.90 Å². The Morgan fingerprint density at radius 1 is 1.03 bits per heavy atom. The molecule has 4 aromatic rings. The first kappa shape index (κ1) is 24.6. The number of rotatable bonds is 7. The van der Waals surface area contributed by atoms with Crippen LogP contribution in [0, 0.1) is 6.92 Å². The summed E-state index contributed by atoms with van der Waals surface area (Å²) in [4.78, 5) is 23.2. The quantitative estimate of drug-likeness (QED) is 0.396. The lowest BCUT2D eigenvalue weighted by Crippen LogP contribution is -2.47. The lowest BCUT2D eigenvalue weighted by molar-refractivity contribution is 0.0930. The van der Waals surface area contributed by atoms with Crippen molar-refractivity contribution in [1.82, 2.24) is 25.0 Å². The van der Waals surface area contributed by atoms with E-state index >= 15 is 0 Å². The standard InChI is InChI=1S/C30H34N6O2/c1-21-7-8-22(36-15-13-35(14-16-36)17-18-37)19-24(21)29(38)32-30(10-11-30)25-20-28(27-9-12-34(2)33-27)31-26-6-4-3-5-23(25)26/h3-9,12,19-20,37H,10-11,13-18H2,1-2H3,(H,32,38). The number of nitrogens with zero attached hydrogens (tertiary/aromatic N) is 5. The minimum atomic E-state index is -0.415. The Balaban J connectivity index is 1.29. The first-order valence-electron chi connectivity index (χ1n) is 13.4. The zero-order valence-electron chi connectivity index (χ0n) is 22.0. The summed E-state index contributed by atoms with van der Waals surface area (Å²) in [6.07, 6.45) is 3.70. The largest absolute Gasteiger partial charge is 0.395 e. The van der Waals surface area contributed by atoms with Crippen LogP contribution in [0.5, 0.6) is 0 Å². The molecule has 2 aliphatic rings. The molecule has 2 aromatic carbocycles. The molecular weight excluding hydrogens is 476 g/mol. The molecule has 0 unspecified atom stereocenters. The molecule has 1 amide bonds. The smallest absolute Gasteiger partial charge is 0.252 e. The summed E-state index contributed by atoms with van der Waals surface area (Å²) in [6.45, 7) is 6.48. The number of hydrogen-bond acceptors (Lipinski definition) is 6. The number of amides is 1. The minimum Gasteiger partial charge on any atom is -0.395 e. The number of anilines is 1. The molecule has 3 heterocycles. The Bertz CT molecular complexity index is 1480. The van der Waals surface area contributed by atoms with Gasteiger partial charge in [0.25, 0.3) is 5.91 Å². The van der Waals surface area contributed by atoms with Crippen LogP contribution in [0.25, 0.3) is 22.3 Å². The average Bonchev–Trinajstić information content (AvgIpc) is 3.58. The van der Waals surface area contributed by atoms with Gasteiger partial charge in [0.2, 0.25) is 0 Å². The summed E-state index contributed by atoms with van der Waals surface area (Å²) in [7, 11) is 1.90. The van der Waals surface area contributed by atoms with E-state index in [1.165, 1.54) is 0 Å². The molecule has 0 bridgehead atoms. The Hall–Kier alpha value is -3.75. The van der Waals surface area contributed by atoms with Crippen LogP contribution < -0.4 is 10.2 Å². The summed E-state index contributed by atoms with van der Waals surface area (Å²) < 4.78 is 1.78. The summed E-state index contributed by atoms with van der Waals surface area (Å²) in [6, 6.07) is 18.4. The maximum absolute atomic E-state index is 13.8. The molecule has 1 saturated carbocycles. The van der Waals surface area contributed by atoms with Crippen LogP contribution in [-0.4, -0.2) is 70.0 Å². The third-order valence-electron chi connectivity index (χ3n) is 7.93. The molecular formula is C30H34N6O2. The number of fused-ring (bicyclic) bond motifs is 1. The van der Waals surface area contributed by atoms with E-state index in [1.807, 2.05) is 56.6 Å². The van der Waals surface area contributed by atoms with E-state index in [1.54, 1.807) is 4.68 Å². The highest BCUT2D eigenvalue weighted by Crippen LogP contribution is 2.48. The molecule has 0 atom stereocenters. The van der Waals surface area contributed by atoms with E-state index in [9.17, 15) is 9.90 Å². The van der Waals surface area contributed by atoms with Crippen LogP contribution in [0.2, 0.25) is 0 Å². The van der Waals surface area contributed by atoms with Gasteiger partial charge < -0.3 is 15.3 Å². The van der Waals surface area contributed by atoms with Gasteiger partial charge in [0.15, 0.2) is 0 Å². The van der Waals surface area contributed by atoms with E-state index in [4.69, 9.17) is 4.98 Å². The lowest BCUT2D eigenvalue weighted by Gasteiger charge is -2.36. The number of aromatic nitrogens is 3. The van der Waals surface area contributed by atoms with Crippen molar-refractivity contribution in [2.45, 2.75) is 25.3 Å². The van der Waals surface area contributed by atoms with Gasteiger partial charge in [-0.05, 0) is 61.2 Å². The number of hydrogen-bond donors (Lipinski definition) is 2. The highest BCUT2D eigenvalue weighted by Gasteiger charge is 2.47. The molecule has 6 rings (SSSR count). The van der Waals surface area contributed by atoms with Crippen molar-refractivity contribution in [1.29, 1.82) is 0 Å². The van der Waals surface area contributed by atoms with Crippen molar-refractivity contribution in [3.05, 3.63) is 77.5 Å². The summed E-state index contributed by atoms with van der Waals surface area (Å²) >= 11 is 0. The second kappa shape index (κ2) is 9.85. The Morgan fingerprint density at radius 3 is 2.53 bits per heavy atom. The molecule has 38 heavy (non-hydrogen) atoms. The normalized spacial score (nSPS) is 17.1. The molecule has 0 spiro atoms. The second-order valence-electron chi connectivity index (χ2n) is 10.5. The van der Waals surface area contributed by atoms with Crippen molar-refractivity contribution in [3.8, 4) is 11.4 Å². The molecule has 1 aliphatic carbocycles. The van der Waals surface area contributed by atoms with E-state index in [2.05, 4.69) is 38.4 Å². The molecule has 8 nitrogen and oxygen atoms in total. The Morgan fingerprint density at radius 2 is 1.82 bits per heavy atom. The molecule has 1 saturated heterocycles. The van der Waals surface area contributed by atoms with Crippen molar-refractivity contribution >= 4 is 22.5 Å². The molecule has 2 fully saturated rings. The van der Waals surface area contributed by atoms with Crippen LogP contribution in [0.15, 0.2) is 60.8 Å². The van der Waals surface area contributed by atoms with E-state index in [-0.39, 0.29) is 12.5 Å². The number of benzene rings is 2. The highest BCUT2D eigenvalue weighted by molar-refractivity contribution is 5.98. The number of carbonyl (C=O) groups is 1. The number of aliphatic hydroxyl groups is 1. The van der Waals surface area contributed by atoms with Crippen LogP contribution in [-0.2, 0) is 12.6 Å². The number of nitrogens with one attached hydrogen (secondary N) is 1.